The number of rotatable bonds is 4. The summed E-state index contributed by atoms with van der Waals surface area (Å²) in [6, 6.07) is 0. The second kappa shape index (κ2) is 6.73. The molecule has 1 saturated heterocycles. The Balaban J connectivity index is 1.94. The van der Waals surface area contributed by atoms with E-state index in [1.54, 1.807) is 11.3 Å². The fraction of sp³-hybridized carbons (Fsp3) is 0.692. The molecule has 1 aromatic rings. The van der Waals surface area contributed by atoms with Crippen LogP contribution in [0.1, 0.15) is 43.9 Å². The number of nitrogens with zero attached hydrogens (tertiary/aromatic N) is 2. The molecule has 18 heavy (non-hydrogen) atoms. The Morgan fingerprint density at radius 1 is 1.39 bits per heavy atom. The molecule has 100 valence electrons. The van der Waals surface area contributed by atoms with Crippen LogP contribution < -0.4 is 5.32 Å². The number of aromatic nitrogens is 1. The number of hydrogen-bond acceptors (Lipinski definition) is 4. The molecule has 0 aromatic carbocycles. The number of carbonyl (C=O) groups is 1. The van der Waals surface area contributed by atoms with Gasteiger partial charge < -0.3 is 10.2 Å². The Kier molecular flexibility index (Phi) is 4.99. The normalized spacial score (nSPS) is 17.4. The molecule has 0 saturated carbocycles. The molecule has 1 fully saturated rings. The summed E-state index contributed by atoms with van der Waals surface area (Å²) in [7, 11) is 0. The van der Waals surface area contributed by atoms with E-state index in [4.69, 9.17) is 0 Å². The zero-order valence-corrected chi connectivity index (χ0v) is 11.8. The molecule has 0 atom stereocenters. The van der Waals surface area contributed by atoms with Crippen molar-refractivity contribution in [1.29, 1.82) is 0 Å². The van der Waals surface area contributed by atoms with Crippen LogP contribution in [0.4, 0.5) is 5.13 Å². The topological polar surface area (TPSA) is 45.2 Å². The smallest absolute Gasteiger partial charge is 0.222 e. The van der Waals surface area contributed by atoms with E-state index in [0.29, 0.717) is 12.3 Å². The van der Waals surface area contributed by atoms with Crippen molar-refractivity contribution in [2.75, 3.05) is 18.4 Å². The van der Waals surface area contributed by atoms with Crippen LogP contribution >= 0.6 is 11.3 Å². The second-order valence-electron chi connectivity index (χ2n) is 4.64. The van der Waals surface area contributed by atoms with Gasteiger partial charge in [-0.2, -0.15) is 0 Å². The van der Waals surface area contributed by atoms with Gasteiger partial charge in [0.05, 0.1) is 6.54 Å². The first-order valence-corrected chi connectivity index (χ1v) is 7.57. The number of hydrogen-bond donors (Lipinski definition) is 1. The Bertz CT molecular complexity index is 391. The summed E-state index contributed by atoms with van der Waals surface area (Å²) in [6.07, 6.45) is 7.21. The van der Waals surface area contributed by atoms with Crippen LogP contribution in [0.25, 0.3) is 0 Å². The molecular weight excluding hydrogens is 246 g/mol. The van der Waals surface area contributed by atoms with E-state index < -0.39 is 0 Å². The lowest BCUT2D eigenvalue weighted by Crippen LogP contribution is -2.32. The largest absolute Gasteiger partial charge is 0.362 e. The maximum atomic E-state index is 12.0. The van der Waals surface area contributed by atoms with Crippen molar-refractivity contribution in [3.8, 4) is 0 Å². The molecule has 5 heteroatoms. The Morgan fingerprint density at radius 2 is 2.22 bits per heavy atom. The number of amides is 1. The summed E-state index contributed by atoms with van der Waals surface area (Å²) >= 11 is 1.65. The van der Waals surface area contributed by atoms with Crippen molar-refractivity contribution >= 4 is 22.4 Å². The average Bonchev–Trinajstić information content (AvgIpc) is 2.77. The van der Waals surface area contributed by atoms with Gasteiger partial charge >= 0.3 is 0 Å². The standard InChI is InChI=1S/C13H21N3OS/c1-2-14-13-15-9-11(18-13)10-16-8-6-4-3-5-7-12(16)17/h9H,2-8,10H2,1H3,(H,14,15). The fourth-order valence-corrected chi connectivity index (χ4v) is 3.08. The zero-order chi connectivity index (χ0) is 12.8. The van der Waals surface area contributed by atoms with Crippen molar-refractivity contribution in [1.82, 2.24) is 9.88 Å². The van der Waals surface area contributed by atoms with E-state index in [1.807, 2.05) is 11.1 Å². The van der Waals surface area contributed by atoms with E-state index in [1.165, 1.54) is 17.7 Å². The first-order valence-electron chi connectivity index (χ1n) is 6.76. The minimum absolute atomic E-state index is 0.299. The quantitative estimate of drug-likeness (QED) is 0.912. The van der Waals surface area contributed by atoms with Crippen molar-refractivity contribution < 1.29 is 4.79 Å². The second-order valence-corrected chi connectivity index (χ2v) is 5.76. The van der Waals surface area contributed by atoms with Gasteiger partial charge in [-0.3, -0.25) is 4.79 Å². The van der Waals surface area contributed by atoms with Crippen LogP contribution in [0, 0.1) is 0 Å². The summed E-state index contributed by atoms with van der Waals surface area (Å²) in [5.41, 5.74) is 0. The first kappa shape index (κ1) is 13.3. The van der Waals surface area contributed by atoms with Gasteiger partial charge in [0.15, 0.2) is 5.13 Å². The molecule has 2 heterocycles. The molecule has 1 aliphatic heterocycles. The van der Waals surface area contributed by atoms with Crippen molar-refractivity contribution in [3.05, 3.63) is 11.1 Å². The van der Waals surface area contributed by atoms with Crippen molar-refractivity contribution in [2.45, 2.75) is 45.6 Å². The number of nitrogens with one attached hydrogen (secondary N) is 1. The third-order valence-electron chi connectivity index (χ3n) is 3.15. The molecular formula is C13H21N3OS. The van der Waals surface area contributed by atoms with E-state index in [9.17, 15) is 4.79 Å². The van der Waals surface area contributed by atoms with Crippen LogP contribution in [0.3, 0.4) is 0 Å². The lowest BCUT2D eigenvalue weighted by atomic mass is 10.1. The summed E-state index contributed by atoms with van der Waals surface area (Å²) < 4.78 is 0. The van der Waals surface area contributed by atoms with Crippen molar-refractivity contribution in [3.63, 3.8) is 0 Å². The van der Waals surface area contributed by atoms with Gasteiger partial charge in [0, 0.05) is 30.6 Å². The molecule has 0 spiro atoms. The number of carbonyl (C=O) groups excluding carboxylic acids is 1. The summed E-state index contributed by atoms with van der Waals surface area (Å²) in [4.78, 5) is 19.5. The molecule has 4 nitrogen and oxygen atoms in total. The van der Waals surface area contributed by atoms with Gasteiger partial charge in [0.1, 0.15) is 0 Å². The Hall–Kier alpha value is -1.10. The molecule has 1 amide bonds. The lowest BCUT2D eigenvalue weighted by molar-refractivity contribution is -0.132. The first-order chi connectivity index (χ1) is 8.79. The Labute approximate surface area is 112 Å². The predicted octanol–water partition coefficient (Wildman–Crippen LogP) is 2.87. The predicted molar refractivity (Wildman–Crippen MR) is 74.8 cm³/mol. The van der Waals surface area contributed by atoms with E-state index >= 15 is 0 Å². The highest BCUT2D eigenvalue weighted by Crippen LogP contribution is 2.21. The number of anilines is 1. The van der Waals surface area contributed by atoms with E-state index in [2.05, 4.69) is 17.2 Å². The monoisotopic (exact) mass is 267 g/mol. The summed E-state index contributed by atoms with van der Waals surface area (Å²) in [5.74, 6) is 0.299. The zero-order valence-electron chi connectivity index (χ0n) is 10.9. The minimum atomic E-state index is 0.299. The average molecular weight is 267 g/mol. The van der Waals surface area contributed by atoms with Crippen LogP contribution in [0.2, 0.25) is 0 Å². The lowest BCUT2D eigenvalue weighted by Gasteiger charge is -2.24. The van der Waals surface area contributed by atoms with E-state index in [-0.39, 0.29) is 0 Å². The van der Waals surface area contributed by atoms with Crippen LogP contribution in [0.5, 0.6) is 0 Å². The van der Waals surface area contributed by atoms with Crippen LogP contribution in [-0.2, 0) is 11.3 Å². The highest BCUT2D eigenvalue weighted by atomic mass is 32.1. The van der Waals surface area contributed by atoms with Gasteiger partial charge in [-0.15, -0.1) is 11.3 Å². The van der Waals surface area contributed by atoms with Gasteiger partial charge in [-0.1, -0.05) is 12.8 Å². The van der Waals surface area contributed by atoms with Gasteiger partial charge in [0.2, 0.25) is 5.91 Å². The molecule has 0 radical (unpaired) electrons. The molecule has 0 unspecified atom stereocenters. The number of thiazole rings is 1. The molecule has 0 aliphatic carbocycles. The van der Waals surface area contributed by atoms with Crippen LogP contribution in [0.15, 0.2) is 6.20 Å². The summed E-state index contributed by atoms with van der Waals surface area (Å²) in [5, 5.41) is 4.15. The third-order valence-corrected chi connectivity index (χ3v) is 4.09. The molecule has 0 bridgehead atoms. The highest BCUT2D eigenvalue weighted by molar-refractivity contribution is 7.15. The van der Waals surface area contributed by atoms with Crippen LogP contribution in [-0.4, -0.2) is 28.9 Å². The maximum absolute atomic E-state index is 12.0. The van der Waals surface area contributed by atoms with Gasteiger partial charge in [-0.25, -0.2) is 4.98 Å². The fourth-order valence-electron chi connectivity index (χ4n) is 2.18. The van der Waals surface area contributed by atoms with Gasteiger partial charge in [0.25, 0.3) is 0 Å². The van der Waals surface area contributed by atoms with Gasteiger partial charge in [-0.05, 0) is 19.8 Å². The highest BCUT2D eigenvalue weighted by Gasteiger charge is 2.16. The SMILES string of the molecule is CCNc1ncc(CN2CCCCCCC2=O)s1. The molecule has 2 rings (SSSR count). The number of likely N-dealkylation sites (tertiary alicyclic amines) is 1. The van der Waals surface area contributed by atoms with Crippen molar-refractivity contribution in [2.24, 2.45) is 0 Å². The molecule has 1 aliphatic rings. The maximum Gasteiger partial charge on any atom is 0.222 e. The third kappa shape index (κ3) is 3.70. The van der Waals surface area contributed by atoms with E-state index in [0.717, 1.165) is 37.6 Å². The Morgan fingerprint density at radius 3 is 3.06 bits per heavy atom. The summed E-state index contributed by atoms with van der Waals surface area (Å²) in [6.45, 7) is 4.56. The molecule has 1 aromatic heterocycles. The minimum Gasteiger partial charge on any atom is -0.362 e. The molecule has 1 N–H and O–H groups in total.